The molecule has 0 bridgehead atoms. The van der Waals surface area contributed by atoms with Gasteiger partial charge >= 0.3 is 0 Å². The summed E-state index contributed by atoms with van der Waals surface area (Å²) < 4.78 is 46.8. The van der Waals surface area contributed by atoms with Crippen molar-refractivity contribution in [3.63, 3.8) is 0 Å². The van der Waals surface area contributed by atoms with Gasteiger partial charge in [0.15, 0.2) is 0 Å². The molecule has 1 atom stereocenters. The van der Waals surface area contributed by atoms with Crippen LogP contribution >= 0.6 is 0 Å². The molecule has 3 aromatic rings. The zero-order valence-electron chi connectivity index (χ0n) is 16.8. The van der Waals surface area contributed by atoms with Crippen LogP contribution in [-0.2, 0) is 27.8 Å². The van der Waals surface area contributed by atoms with Gasteiger partial charge in [-0.05, 0) is 60.0 Å². The van der Waals surface area contributed by atoms with Crippen molar-refractivity contribution in [2.45, 2.75) is 23.9 Å². The quantitative estimate of drug-likeness (QED) is 0.658. The molecule has 6 nitrogen and oxygen atoms in total. The molecule has 8 heteroatoms. The number of amides is 1. The summed E-state index contributed by atoms with van der Waals surface area (Å²) in [4.78, 5) is 13.2. The Morgan fingerprint density at radius 3 is 2.42 bits per heavy atom. The lowest BCUT2D eigenvalue weighted by molar-refractivity contribution is -0.120. The van der Waals surface area contributed by atoms with E-state index in [2.05, 4.69) is 5.32 Å². The molecule has 1 heterocycles. The highest BCUT2D eigenvalue weighted by atomic mass is 32.2. The first-order valence-electron chi connectivity index (χ1n) is 9.67. The predicted molar refractivity (Wildman–Crippen MR) is 115 cm³/mol. The summed E-state index contributed by atoms with van der Waals surface area (Å²) >= 11 is 0. The molecule has 3 aromatic carbocycles. The molecule has 1 N–H and O–H groups in total. The molecule has 4 rings (SSSR count). The molecule has 0 saturated carbocycles. The molecular formula is C23H21FN2O4S. The minimum atomic E-state index is -3.98. The Morgan fingerprint density at radius 2 is 1.74 bits per heavy atom. The van der Waals surface area contributed by atoms with E-state index in [-0.39, 0.29) is 23.5 Å². The van der Waals surface area contributed by atoms with Gasteiger partial charge in [-0.1, -0.05) is 30.3 Å². The van der Waals surface area contributed by atoms with E-state index >= 15 is 0 Å². The van der Waals surface area contributed by atoms with Crippen LogP contribution < -0.4 is 10.1 Å². The molecule has 31 heavy (non-hydrogen) atoms. The molecule has 160 valence electrons. The monoisotopic (exact) mass is 440 g/mol. The smallest absolute Gasteiger partial charge is 0.244 e. The topological polar surface area (TPSA) is 75.7 Å². The predicted octanol–water partition coefficient (Wildman–Crippen LogP) is 3.59. The lowest BCUT2D eigenvalue weighted by Gasteiger charge is -2.35. The molecule has 1 aliphatic rings. The Labute approximate surface area is 180 Å². The summed E-state index contributed by atoms with van der Waals surface area (Å²) in [7, 11) is -2.48. The Kier molecular flexibility index (Phi) is 5.75. The van der Waals surface area contributed by atoms with Crippen molar-refractivity contribution in [1.29, 1.82) is 0 Å². The van der Waals surface area contributed by atoms with E-state index in [4.69, 9.17) is 4.74 Å². The van der Waals surface area contributed by atoms with Crippen LogP contribution in [0.15, 0.2) is 77.7 Å². The summed E-state index contributed by atoms with van der Waals surface area (Å²) in [6.07, 6.45) is 0.215. The third-order valence-corrected chi connectivity index (χ3v) is 7.14. The summed E-state index contributed by atoms with van der Waals surface area (Å²) in [5.41, 5.74) is 2.02. The van der Waals surface area contributed by atoms with Gasteiger partial charge in [-0.2, -0.15) is 4.31 Å². The number of methoxy groups -OCH3 is 1. The molecule has 1 amide bonds. The molecule has 0 fully saturated rings. The Morgan fingerprint density at radius 1 is 1.03 bits per heavy atom. The largest absolute Gasteiger partial charge is 0.497 e. The maximum absolute atomic E-state index is 13.5. The number of halogens is 1. The zero-order chi connectivity index (χ0) is 22.0. The number of nitrogens with zero attached hydrogens (tertiary/aromatic N) is 1. The zero-order valence-corrected chi connectivity index (χ0v) is 17.6. The second kappa shape index (κ2) is 8.49. The molecule has 1 unspecified atom stereocenters. The highest BCUT2D eigenvalue weighted by Gasteiger charge is 2.39. The van der Waals surface area contributed by atoms with Crippen molar-refractivity contribution in [2.75, 3.05) is 12.4 Å². The van der Waals surface area contributed by atoms with Crippen LogP contribution in [0.1, 0.15) is 11.1 Å². The van der Waals surface area contributed by atoms with Crippen LogP contribution in [0.3, 0.4) is 0 Å². The van der Waals surface area contributed by atoms with E-state index in [1.54, 1.807) is 18.2 Å². The number of carbonyl (C=O) groups is 1. The molecule has 0 spiro atoms. The average molecular weight is 440 g/mol. The maximum Gasteiger partial charge on any atom is 0.244 e. The van der Waals surface area contributed by atoms with Gasteiger partial charge in [-0.15, -0.1) is 0 Å². The lowest BCUT2D eigenvalue weighted by atomic mass is 9.95. The Balaban J connectivity index is 1.70. The summed E-state index contributed by atoms with van der Waals surface area (Å²) in [5.74, 6) is -0.477. The summed E-state index contributed by atoms with van der Waals surface area (Å²) in [5, 5.41) is 2.65. The van der Waals surface area contributed by atoms with E-state index in [1.165, 1.54) is 41.7 Å². The fraction of sp³-hybridized carbons (Fsp3) is 0.174. The first-order valence-corrected chi connectivity index (χ1v) is 11.1. The van der Waals surface area contributed by atoms with E-state index in [9.17, 15) is 17.6 Å². The van der Waals surface area contributed by atoms with Gasteiger partial charge in [-0.3, -0.25) is 4.79 Å². The van der Waals surface area contributed by atoms with Crippen molar-refractivity contribution < 1.29 is 22.3 Å². The Bertz CT molecular complexity index is 1210. The SMILES string of the molecule is COc1ccc(S(=O)(=O)N2Cc3ccccc3CC2C(=O)Nc2cccc(F)c2)cc1. The number of nitrogens with one attached hydrogen (secondary N) is 1. The molecule has 1 aliphatic heterocycles. The number of hydrogen-bond acceptors (Lipinski definition) is 4. The van der Waals surface area contributed by atoms with Gasteiger partial charge in [-0.25, -0.2) is 12.8 Å². The number of benzene rings is 3. The highest BCUT2D eigenvalue weighted by molar-refractivity contribution is 7.89. The van der Waals surface area contributed by atoms with Gasteiger partial charge in [0.2, 0.25) is 15.9 Å². The number of ether oxygens (including phenoxy) is 1. The number of sulfonamides is 1. The molecule has 0 radical (unpaired) electrons. The van der Waals surface area contributed by atoms with Crippen LogP contribution in [0.2, 0.25) is 0 Å². The van der Waals surface area contributed by atoms with Crippen molar-refractivity contribution >= 4 is 21.6 Å². The van der Waals surface area contributed by atoms with Crippen molar-refractivity contribution in [1.82, 2.24) is 4.31 Å². The third kappa shape index (κ3) is 4.30. The fourth-order valence-corrected chi connectivity index (χ4v) is 5.22. The fourth-order valence-electron chi connectivity index (χ4n) is 3.65. The van der Waals surface area contributed by atoms with Gasteiger partial charge in [0.05, 0.1) is 12.0 Å². The van der Waals surface area contributed by atoms with E-state index < -0.39 is 27.8 Å². The van der Waals surface area contributed by atoms with Gasteiger partial charge < -0.3 is 10.1 Å². The summed E-state index contributed by atoms with van der Waals surface area (Å²) in [6, 6.07) is 18.0. The number of hydrogen-bond donors (Lipinski definition) is 1. The molecule has 0 aliphatic carbocycles. The second-order valence-electron chi connectivity index (χ2n) is 7.21. The maximum atomic E-state index is 13.5. The lowest BCUT2D eigenvalue weighted by Crippen LogP contribution is -2.50. The second-order valence-corrected chi connectivity index (χ2v) is 9.10. The van der Waals surface area contributed by atoms with Crippen LogP contribution in [0.5, 0.6) is 5.75 Å². The third-order valence-electron chi connectivity index (χ3n) is 5.27. The molecule has 0 aromatic heterocycles. The molecule has 0 saturated heterocycles. The van der Waals surface area contributed by atoms with Crippen LogP contribution in [-0.4, -0.2) is 31.8 Å². The van der Waals surface area contributed by atoms with E-state index in [0.717, 1.165) is 11.1 Å². The van der Waals surface area contributed by atoms with Crippen LogP contribution in [0, 0.1) is 5.82 Å². The first-order chi connectivity index (χ1) is 14.9. The van der Waals surface area contributed by atoms with Gasteiger partial charge in [0.25, 0.3) is 0 Å². The standard InChI is InChI=1S/C23H21FN2O4S/c1-30-20-9-11-21(12-10-20)31(28,29)26-15-17-6-3-2-5-16(17)13-22(26)23(27)25-19-8-4-7-18(24)14-19/h2-12,14,22H,13,15H2,1H3,(H,25,27). The number of carbonyl (C=O) groups excluding carboxylic acids is 1. The Hall–Kier alpha value is -3.23. The normalized spacial score (nSPS) is 16.4. The minimum Gasteiger partial charge on any atom is -0.497 e. The van der Waals surface area contributed by atoms with E-state index in [1.807, 2.05) is 24.3 Å². The summed E-state index contributed by atoms with van der Waals surface area (Å²) in [6.45, 7) is 0.0613. The van der Waals surface area contributed by atoms with E-state index in [0.29, 0.717) is 5.75 Å². The van der Waals surface area contributed by atoms with Crippen molar-refractivity contribution in [3.8, 4) is 5.75 Å². The van der Waals surface area contributed by atoms with Crippen molar-refractivity contribution in [3.05, 3.63) is 89.7 Å². The van der Waals surface area contributed by atoms with Gasteiger partial charge in [0, 0.05) is 12.2 Å². The first kappa shape index (κ1) is 21.0. The minimum absolute atomic E-state index is 0.0613. The van der Waals surface area contributed by atoms with Crippen LogP contribution in [0.25, 0.3) is 0 Å². The number of rotatable bonds is 5. The van der Waals surface area contributed by atoms with Crippen molar-refractivity contribution in [2.24, 2.45) is 0 Å². The van der Waals surface area contributed by atoms with Gasteiger partial charge in [0.1, 0.15) is 17.6 Å². The number of fused-ring (bicyclic) bond motifs is 1. The number of anilines is 1. The average Bonchev–Trinajstić information content (AvgIpc) is 2.78. The molecular weight excluding hydrogens is 419 g/mol. The highest BCUT2D eigenvalue weighted by Crippen LogP contribution is 2.30. The van der Waals surface area contributed by atoms with Crippen LogP contribution in [0.4, 0.5) is 10.1 Å².